The minimum atomic E-state index is -3.97. The molecule has 4 rings (SSSR count). The van der Waals surface area contributed by atoms with Crippen LogP contribution in [0.2, 0.25) is 0 Å². The zero-order valence-corrected chi connectivity index (χ0v) is 24.8. The first-order chi connectivity index (χ1) is 20.3. The number of sulfonamides is 1. The highest BCUT2D eigenvalue weighted by Crippen LogP contribution is 2.30. The Morgan fingerprint density at radius 2 is 1.67 bits per heavy atom. The summed E-state index contributed by atoms with van der Waals surface area (Å²) >= 11 is 0. The van der Waals surface area contributed by atoms with Crippen LogP contribution in [0.25, 0.3) is 0 Å². The third-order valence-corrected chi connectivity index (χ3v) is 9.09. The van der Waals surface area contributed by atoms with Crippen LogP contribution in [0.3, 0.4) is 0 Å². The third-order valence-electron chi connectivity index (χ3n) is 7.25. The van der Waals surface area contributed by atoms with E-state index >= 15 is 0 Å². The first-order valence-corrected chi connectivity index (χ1v) is 15.6. The van der Waals surface area contributed by atoms with E-state index in [1.807, 2.05) is 55.5 Å². The highest BCUT2D eigenvalue weighted by Gasteiger charge is 2.40. The molecule has 0 aliphatic carbocycles. The maximum absolute atomic E-state index is 13.9. The fourth-order valence-corrected chi connectivity index (χ4v) is 6.60. The van der Waals surface area contributed by atoms with Gasteiger partial charge in [0, 0.05) is 32.5 Å². The summed E-state index contributed by atoms with van der Waals surface area (Å²) in [6.07, 6.45) is 2.10. The van der Waals surface area contributed by atoms with Gasteiger partial charge < -0.3 is 15.0 Å². The number of benzene rings is 3. The summed E-state index contributed by atoms with van der Waals surface area (Å²) in [6.45, 7) is 2.55. The van der Waals surface area contributed by atoms with E-state index in [4.69, 9.17) is 4.74 Å². The lowest BCUT2D eigenvalue weighted by molar-refractivity contribution is -0.141. The molecule has 0 saturated heterocycles. The molecule has 0 fully saturated rings. The molecular formula is C32H37N3O6S. The van der Waals surface area contributed by atoms with Crippen LogP contribution in [0.1, 0.15) is 54.1 Å². The van der Waals surface area contributed by atoms with E-state index < -0.39 is 22.0 Å². The van der Waals surface area contributed by atoms with Crippen molar-refractivity contribution in [3.05, 3.63) is 95.6 Å². The number of hydrogen-bond donors (Lipinski definition) is 1. The van der Waals surface area contributed by atoms with Crippen molar-refractivity contribution in [2.45, 2.75) is 56.5 Å². The SMILES string of the molecule is CCCCNC(=O)[C@@H](Cc1ccccc1)N(Cc1cccc(OC)c1)C(=O)CCCN1C(=O)c2ccccc2S1(=O)=O. The Labute approximate surface area is 247 Å². The summed E-state index contributed by atoms with van der Waals surface area (Å²) in [5, 5.41) is 2.99. The van der Waals surface area contributed by atoms with Crippen molar-refractivity contribution < 1.29 is 27.5 Å². The third kappa shape index (κ3) is 7.17. The molecule has 1 aliphatic heterocycles. The Morgan fingerprint density at radius 3 is 2.38 bits per heavy atom. The highest BCUT2D eigenvalue weighted by molar-refractivity contribution is 7.90. The zero-order valence-electron chi connectivity index (χ0n) is 24.0. The number of fused-ring (bicyclic) bond motifs is 1. The van der Waals surface area contributed by atoms with E-state index in [2.05, 4.69) is 5.32 Å². The van der Waals surface area contributed by atoms with Crippen LogP contribution in [-0.2, 0) is 32.6 Å². The molecule has 3 amide bonds. The fraction of sp³-hybridized carbons (Fsp3) is 0.344. The molecule has 3 aromatic rings. The maximum atomic E-state index is 13.9. The quantitative estimate of drug-likeness (QED) is 0.282. The molecule has 9 nitrogen and oxygen atoms in total. The van der Waals surface area contributed by atoms with Crippen LogP contribution in [0.15, 0.2) is 83.8 Å². The van der Waals surface area contributed by atoms with Gasteiger partial charge in [0.2, 0.25) is 11.8 Å². The summed E-state index contributed by atoms with van der Waals surface area (Å²) in [6, 6.07) is 22.1. The second kappa shape index (κ2) is 14.1. The number of amides is 3. The predicted octanol–water partition coefficient (Wildman–Crippen LogP) is 4.18. The molecule has 1 heterocycles. The number of unbranched alkanes of at least 4 members (excludes halogenated alkanes) is 1. The standard InChI is InChI=1S/C32H37N3O6S/c1-3-4-19-33-31(37)28(22-24-12-6-5-7-13-24)34(23-25-14-10-15-26(21-25)41-2)30(36)18-11-20-35-32(38)27-16-8-9-17-29(27)42(35,39)40/h5-10,12-17,21,28H,3-4,11,18-20,22-23H2,1-2H3,(H,33,37)/t28-/m1/s1. The molecule has 0 saturated carbocycles. The second-order valence-corrected chi connectivity index (χ2v) is 12.0. The van der Waals surface area contributed by atoms with Crippen molar-refractivity contribution in [3.63, 3.8) is 0 Å². The van der Waals surface area contributed by atoms with Crippen LogP contribution >= 0.6 is 0 Å². The van der Waals surface area contributed by atoms with Crippen molar-refractivity contribution in [3.8, 4) is 5.75 Å². The second-order valence-electron chi connectivity index (χ2n) is 10.2. The minimum absolute atomic E-state index is 0.0207. The summed E-state index contributed by atoms with van der Waals surface area (Å²) in [4.78, 5) is 41.8. The normalized spacial score (nSPS) is 14.2. The molecule has 0 bridgehead atoms. The van der Waals surface area contributed by atoms with Gasteiger partial charge in [-0.2, -0.15) is 0 Å². The molecule has 10 heteroatoms. The lowest BCUT2D eigenvalue weighted by Gasteiger charge is -2.32. The average Bonchev–Trinajstić information content (AvgIpc) is 3.20. The molecule has 1 aliphatic rings. The number of nitrogens with one attached hydrogen (secondary N) is 1. The Kier molecular flexibility index (Phi) is 10.4. The molecule has 42 heavy (non-hydrogen) atoms. The maximum Gasteiger partial charge on any atom is 0.269 e. The summed E-state index contributed by atoms with van der Waals surface area (Å²) in [5.74, 6) is -0.532. The monoisotopic (exact) mass is 591 g/mol. The van der Waals surface area contributed by atoms with E-state index in [0.717, 1.165) is 28.3 Å². The Morgan fingerprint density at radius 1 is 0.952 bits per heavy atom. The average molecular weight is 592 g/mol. The van der Waals surface area contributed by atoms with Gasteiger partial charge in [-0.05, 0) is 48.2 Å². The number of nitrogens with zero attached hydrogens (tertiary/aromatic N) is 2. The van der Waals surface area contributed by atoms with Gasteiger partial charge in [0.15, 0.2) is 0 Å². The van der Waals surface area contributed by atoms with Gasteiger partial charge in [0.1, 0.15) is 16.7 Å². The molecule has 0 spiro atoms. The number of hydrogen-bond acceptors (Lipinski definition) is 6. The smallest absolute Gasteiger partial charge is 0.269 e. The Balaban J connectivity index is 1.57. The molecule has 1 N–H and O–H groups in total. The van der Waals surface area contributed by atoms with E-state index in [1.165, 1.54) is 12.1 Å². The number of rotatable bonds is 14. The highest BCUT2D eigenvalue weighted by atomic mass is 32.2. The molecule has 3 aromatic carbocycles. The van der Waals surface area contributed by atoms with Crippen molar-refractivity contribution in [1.82, 2.24) is 14.5 Å². The lowest BCUT2D eigenvalue weighted by atomic mass is 10.0. The molecule has 0 radical (unpaired) electrons. The van der Waals surface area contributed by atoms with Gasteiger partial charge in [0.05, 0.1) is 12.7 Å². The summed E-state index contributed by atoms with van der Waals surface area (Å²) in [7, 11) is -2.41. The van der Waals surface area contributed by atoms with Crippen molar-refractivity contribution >= 4 is 27.7 Å². The lowest BCUT2D eigenvalue weighted by Crippen LogP contribution is -2.50. The zero-order chi connectivity index (χ0) is 30.1. The van der Waals surface area contributed by atoms with Crippen molar-refractivity contribution in [1.29, 1.82) is 0 Å². The number of carbonyl (C=O) groups is 3. The number of carbonyl (C=O) groups excluding carboxylic acids is 3. The summed E-state index contributed by atoms with van der Waals surface area (Å²) in [5.41, 5.74) is 1.83. The topological polar surface area (TPSA) is 113 Å². The molecular weight excluding hydrogens is 554 g/mol. The van der Waals surface area contributed by atoms with Gasteiger partial charge in [-0.25, -0.2) is 12.7 Å². The van der Waals surface area contributed by atoms with Crippen LogP contribution in [0, 0.1) is 0 Å². The largest absolute Gasteiger partial charge is 0.497 e. The molecule has 1 atom stereocenters. The van der Waals surface area contributed by atoms with Gasteiger partial charge in [-0.1, -0.05) is 67.9 Å². The van der Waals surface area contributed by atoms with E-state index in [0.29, 0.717) is 18.7 Å². The first kappa shape index (κ1) is 30.8. The van der Waals surface area contributed by atoms with Gasteiger partial charge in [-0.3, -0.25) is 14.4 Å². The van der Waals surface area contributed by atoms with Gasteiger partial charge >= 0.3 is 0 Å². The van der Waals surface area contributed by atoms with Gasteiger partial charge in [0.25, 0.3) is 15.9 Å². The van der Waals surface area contributed by atoms with Crippen molar-refractivity contribution in [2.75, 3.05) is 20.2 Å². The molecule has 0 unspecified atom stereocenters. The van der Waals surface area contributed by atoms with E-state index in [9.17, 15) is 22.8 Å². The molecule has 0 aromatic heterocycles. The first-order valence-electron chi connectivity index (χ1n) is 14.2. The van der Waals surface area contributed by atoms with Crippen LogP contribution in [-0.4, -0.2) is 61.6 Å². The van der Waals surface area contributed by atoms with E-state index in [1.54, 1.807) is 30.2 Å². The summed E-state index contributed by atoms with van der Waals surface area (Å²) < 4.78 is 32.1. The Hall–Kier alpha value is -4.18. The Bertz CT molecular complexity index is 1510. The fourth-order valence-electron chi connectivity index (χ4n) is 5.00. The number of ether oxygens (including phenoxy) is 1. The van der Waals surface area contributed by atoms with Crippen LogP contribution < -0.4 is 10.1 Å². The van der Waals surface area contributed by atoms with Crippen LogP contribution in [0.5, 0.6) is 5.75 Å². The number of methoxy groups -OCH3 is 1. The van der Waals surface area contributed by atoms with Gasteiger partial charge in [-0.15, -0.1) is 0 Å². The van der Waals surface area contributed by atoms with E-state index in [-0.39, 0.29) is 48.2 Å². The molecule has 222 valence electrons. The van der Waals surface area contributed by atoms with Crippen LogP contribution in [0.4, 0.5) is 0 Å². The predicted molar refractivity (Wildman–Crippen MR) is 159 cm³/mol. The minimum Gasteiger partial charge on any atom is -0.497 e. The van der Waals surface area contributed by atoms with Crippen molar-refractivity contribution in [2.24, 2.45) is 0 Å².